The van der Waals surface area contributed by atoms with Crippen molar-refractivity contribution in [1.29, 1.82) is 0 Å². The average molecular weight is 536 g/mol. The minimum absolute atomic E-state index is 0.0133. The summed E-state index contributed by atoms with van der Waals surface area (Å²) in [7, 11) is 0. The first-order valence-electron chi connectivity index (χ1n) is 10.6. The molecular formula is C25H20BrClN6O. The molecule has 0 aliphatic carbocycles. The Morgan fingerprint density at radius 2 is 1.82 bits per heavy atom. The maximum Gasteiger partial charge on any atom is 0.247 e. The summed E-state index contributed by atoms with van der Waals surface area (Å²) < 4.78 is 4.03. The number of carbonyl (C=O) groups excluding carboxylic acids is 1. The van der Waals surface area contributed by atoms with Crippen LogP contribution in [0.2, 0.25) is 5.02 Å². The molecule has 0 unspecified atom stereocenters. The molecule has 7 nitrogen and oxygen atoms in total. The van der Waals surface area contributed by atoms with E-state index in [1.54, 1.807) is 21.8 Å². The third-order valence-corrected chi connectivity index (χ3v) is 6.40. The zero-order valence-corrected chi connectivity index (χ0v) is 20.6. The van der Waals surface area contributed by atoms with Crippen molar-refractivity contribution in [3.05, 3.63) is 93.8 Å². The number of anilines is 1. The lowest BCUT2D eigenvalue weighted by molar-refractivity contribution is -0.116. The first kappa shape index (κ1) is 22.3. The number of aromatic nitrogens is 5. The molecule has 9 heteroatoms. The van der Waals surface area contributed by atoms with E-state index in [2.05, 4.69) is 48.6 Å². The van der Waals surface area contributed by atoms with E-state index < -0.39 is 0 Å². The Bertz CT molecular complexity index is 1490. The number of aryl methyl sites for hydroxylation is 1. The molecule has 1 N–H and O–H groups in total. The number of amides is 1. The smallest absolute Gasteiger partial charge is 0.247 e. The Morgan fingerprint density at radius 3 is 2.62 bits per heavy atom. The molecule has 0 atom stereocenters. The molecule has 3 aromatic heterocycles. The van der Waals surface area contributed by atoms with Gasteiger partial charge in [-0.05, 0) is 51.7 Å². The number of carbonyl (C=O) groups is 1. The fourth-order valence-electron chi connectivity index (χ4n) is 3.92. The zero-order valence-electron chi connectivity index (χ0n) is 18.2. The van der Waals surface area contributed by atoms with Gasteiger partial charge in [-0.1, -0.05) is 60.1 Å². The Labute approximate surface area is 209 Å². The number of halogens is 2. The third kappa shape index (κ3) is 4.47. The van der Waals surface area contributed by atoms with Crippen LogP contribution >= 0.6 is 27.5 Å². The van der Waals surface area contributed by atoms with Crippen LogP contribution in [-0.2, 0) is 17.9 Å². The summed E-state index contributed by atoms with van der Waals surface area (Å²) in [6, 6.07) is 19.6. The number of pyridine rings is 1. The standard InChI is InChI=1S/C25H20BrClN6O/c1-16-23-19(17-7-3-2-4-8-17)11-12-28-25(23)33(30-16)15-22(34)29-24-20(26)14-32(31-24)13-18-9-5-6-10-21(18)27/h2-12,14H,13,15H2,1H3,(H,29,31,34). The fourth-order valence-corrected chi connectivity index (χ4v) is 4.53. The minimum Gasteiger partial charge on any atom is -0.307 e. The van der Waals surface area contributed by atoms with Crippen LogP contribution in [0.25, 0.3) is 22.2 Å². The predicted molar refractivity (Wildman–Crippen MR) is 137 cm³/mol. The van der Waals surface area contributed by atoms with Crippen molar-refractivity contribution < 1.29 is 4.79 Å². The summed E-state index contributed by atoms with van der Waals surface area (Å²) in [5, 5.41) is 13.5. The van der Waals surface area contributed by atoms with Crippen molar-refractivity contribution in [2.75, 3.05) is 5.32 Å². The monoisotopic (exact) mass is 534 g/mol. The van der Waals surface area contributed by atoms with Gasteiger partial charge in [-0.3, -0.25) is 9.48 Å². The largest absolute Gasteiger partial charge is 0.307 e. The second-order valence-corrected chi connectivity index (χ2v) is 9.09. The number of rotatable bonds is 6. The molecule has 170 valence electrons. The van der Waals surface area contributed by atoms with Gasteiger partial charge in [-0.25, -0.2) is 9.67 Å². The van der Waals surface area contributed by atoms with Crippen molar-refractivity contribution in [2.24, 2.45) is 0 Å². The van der Waals surface area contributed by atoms with Crippen LogP contribution < -0.4 is 5.32 Å². The van der Waals surface area contributed by atoms with E-state index in [9.17, 15) is 4.79 Å². The van der Waals surface area contributed by atoms with Gasteiger partial charge in [0.2, 0.25) is 5.91 Å². The highest BCUT2D eigenvalue weighted by molar-refractivity contribution is 9.10. The van der Waals surface area contributed by atoms with E-state index in [-0.39, 0.29) is 12.5 Å². The lowest BCUT2D eigenvalue weighted by atomic mass is 10.0. The van der Waals surface area contributed by atoms with Gasteiger partial charge >= 0.3 is 0 Å². The van der Waals surface area contributed by atoms with E-state index in [0.29, 0.717) is 27.5 Å². The Balaban J connectivity index is 1.36. The number of hydrogen-bond acceptors (Lipinski definition) is 4. The second kappa shape index (κ2) is 9.40. The average Bonchev–Trinajstić information content (AvgIpc) is 3.34. The van der Waals surface area contributed by atoms with E-state index >= 15 is 0 Å². The molecule has 3 heterocycles. The molecule has 5 aromatic rings. The number of nitrogens with zero attached hydrogens (tertiary/aromatic N) is 5. The highest BCUT2D eigenvalue weighted by atomic mass is 79.9. The topological polar surface area (TPSA) is 77.6 Å². The fraction of sp³-hybridized carbons (Fsp3) is 0.120. The van der Waals surface area contributed by atoms with Gasteiger partial charge in [0.25, 0.3) is 0 Å². The maximum atomic E-state index is 12.9. The first-order valence-corrected chi connectivity index (χ1v) is 11.8. The van der Waals surface area contributed by atoms with Gasteiger partial charge < -0.3 is 5.32 Å². The molecule has 0 aliphatic heterocycles. The molecule has 0 saturated heterocycles. The van der Waals surface area contributed by atoms with Gasteiger partial charge in [0.05, 0.1) is 16.7 Å². The molecule has 0 fully saturated rings. The van der Waals surface area contributed by atoms with Crippen LogP contribution in [0.15, 0.2) is 77.5 Å². The summed E-state index contributed by atoms with van der Waals surface area (Å²) in [6.07, 6.45) is 3.55. The highest BCUT2D eigenvalue weighted by Crippen LogP contribution is 2.29. The van der Waals surface area contributed by atoms with Gasteiger partial charge in [-0.15, -0.1) is 0 Å². The summed E-state index contributed by atoms with van der Waals surface area (Å²) in [5.41, 5.74) is 4.54. The summed E-state index contributed by atoms with van der Waals surface area (Å²) in [4.78, 5) is 17.4. The van der Waals surface area contributed by atoms with Crippen molar-refractivity contribution in [3.63, 3.8) is 0 Å². The molecule has 0 bridgehead atoms. The van der Waals surface area contributed by atoms with Crippen LogP contribution in [0.5, 0.6) is 0 Å². The molecule has 5 rings (SSSR count). The number of hydrogen-bond donors (Lipinski definition) is 1. The van der Waals surface area contributed by atoms with Crippen molar-refractivity contribution in [1.82, 2.24) is 24.5 Å². The highest BCUT2D eigenvalue weighted by Gasteiger charge is 2.17. The molecule has 1 amide bonds. The van der Waals surface area contributed by atoms with E-state index in [4.69, 9.17) is 11.6 Å². The van der Waals surface area contributed by atoms with Crippen LogP contribution in [0, 0.1) is 6.92 Å². The summed E-state index contributed by atoms with van der Waals surface area (Å²) >= 11 is 9.73. The number of nitrogens with one attached hydrogen (secondary N) is 1. The second-order valence-electron chi connectivity index (χ2n) is 7.83. The Hall–Kier alpha value is -3.49. The van der Waals surface area contributed by atoms with E-state index in [0.717, 1.165) is 27.8 Å². The van der Waals surface area contributed by atoms with E-state index in [1.165, 1.54) is 0 Å². The third-order valence-electron chi connectivity index (χ3n) is 5.45. The van der Waals surface area contributed by atoms with Gasteiger partial charge in [-0.2, -0.15) is 10.2 Å². The van der Waals surface area contributed by atoms with Gasteiger partial charge in [0.1, 0.15) is 6.54 Å². The Morgan fingerprint density at radius 1 is 1.06 bits per heavy atom. The first-order chi connectivity index (χ1) is 16.5. The quantitative estimate of drug-likeness (QED) is 0.302. The molecule has 0 aliphatic rings. The zero-order chi connectivity index (χ0) is 23.7. The van der Waals surface area contributed by atoms with Gasteiger partial charge in [0.15, 0.2) is 11.5 Å². The SMILES string of the molecule is Cc1nn(CC(=O)Nc2nn(Cc3ccccc3Cl)cc2Br)c2nccc(-c3ccccc3)c12. The van der Waals surface area contributed by atoms with E-state index in [1.807, 2.05) is 55.5 Å². The van der Waals surface area contributed by atoms with Gasteiger partial charge in [0, 0.05) is 22.8 Å². The Kier molecular flexibility index (Phi) is 6.17. The summed E-state index contributed by atoms with van der Waals surface area (Å²) in [5.74, 6) is 0.183. The van der Waals surface area contributed by atoms with Crippen LogP contribution in [0.1, 0.15) is 11.3 Å². The van der Waals surface area contributed by atoms with Crippen LogP contribution in [0.4, 0.5) is 5.82 Å². The van der Waals surface area contributed by atoms with Crippen LogP contribution in [-0.4, -0.2) is 30.5 Å². The molecule has 0 spiro atoms. The minimum atomic E-state index is -0.250. The lowest BCUT2D eigenvalue weighted by Crippen LogP contribution is -2.20. The number of benzene rings is 2. The molecular weight excluding hydrogens is 516 g/mol. The maximum absolute atomic E-state index is 12.9. The summed E-state index contributed by atoms with van der Waals surface area (Å²) in [6.45, 7) is 2.43. The molecule has 0 saturated carbocycles. The predicted octanol–water partition coefficient (Wildman–Crippen LogP) is 5.71. The van der Waals surface area contributed by atoms with Crippen molar-refractivity contribution in [2.45, 2.75) is 20.0 Å². The lowest BCUT2D eigenvalue weighted by Gasteiger charge is -2.06. The van der Waals surface area contributed by atoms with Crippen molar-refractivity contribution >= 4 is 50.3 Å². The molecule has 34 heavy (non-hydrogen) atoms. The normalized spacial score (nSPS) is 11.1. The number of fused-ring (bicyclic) bond motifs is 1. The molecule has 2 aromatic carbocycles. The van der Waals surface area contributed by atoms with Crippen molar-refractivity contribution in [3.8, 4) is 11.1 Å². The van der Waals surface area contributed by atoms with Crippen LogP contribution in [0.3, 0.4) is 0 Å². The molecule has 0 radical (unpaired) electrons.